The normalized spacial score (nSPS) is 15.2. The van der Waals surface area contributed by atoms with E-state index in [2.05, 4.69) is 42.7 Å². The van der Waals surface area contributed by atoms with Gasteiger partial charge in [-0.05, 0) is 43.9 Å². The van der Waals surface area contributed by atoms with Gasteiger partial charge in [0.2, 0.25) is 5.91 Å². The quantitative estimate of drug-likeness (QED) is 0.867. The summed E-state index contributed by atoms with van der Waals surface area (Å²) in [7, 11) is 0. The van der Waals surface area contributed by atoms with Gasteiger partial charge in [0, 0.05) is 17.6 Å². The average molecular weight is 274 g/mol. The van der Waals surface area contributed by atoms with Gasteiger partial charge in [-0.25, -0.2) is 0 Å². The molecule has 0 saturated carbocycles. The third-order valence-electron chi connectivity index (χ3n) is 3.88. The first-order valence-corrected chi connectivity index (χ1v) is 7.41. The van der Waals surface area contributed by atoms with Gasteiger partial charge >= 0.3 is 0 Å². The number of carbonyl (C=O) groups is 1. The van der Waals surface area contributed by atoms with Crippen LogP contribution < -0.4 is 10.6 Å². The van der Waals surface area contributed by atoms with Crippen molar-refractivity contribution >= 4 is 11.6 Å². The van der Waals surface area contributed by atoms with Crippen LogP contribution in [0.5, 0.6) is 0 Å². The summed E-state index contributed by atoms with van der Waals surface area (Å²) in [4.78, 5) is 12.3. The zero-order valence-corrected chi connectivity index (χ0v) is 13.3. The predicted octanol–water partition coefficient (Wildman–Crippen LogP) is 3.44. The molecule has 1 aromatic carbocycles. The molecule has 1 aromatic rings. The van der Waals surface area contributed by atoms with Crippen LogP contribution in [-0.4, -0.2) is 12.5 Å². The number of benzene rings is 1. The van der Waals surface area contributed by atoms with E-state index in [0.717, 1.165) is 19.4 Å². The molecule has 0 aliphatic carbocycles. The van der Waals surface area contributed by atoms with E-state index in [1.807, 2.05) is 20.8 Å². The van der Waals surface area contributed by atoms with Crippen LogP contribution in [0, 0.1) is 5.41 Å². The van der Waals surface area contributed by atoms with Crippen LogP contribution in [-0.2, 0) is 16.8 Å². The highest BCUT2D eigenvalue weighted by molar-refractivity contribution is 5.82. The number of carbonyl (C=O) groups excluding carboxylic acids is 1. The Morgan fingerprint density at radius 3 is 2.55 bits per heavy atom. The van der Waals surface area contributed by atoms with Gasteiger partial charge in [0.25, 0.3) is 0 Å². The molecule has 0 atom stereocenters. The molecule has 0 unspecified atom stereocenters. The van der Waals surface area contributed by atoms with Crippen molar-refractivity contribution in [2.75, 3.05) is 11.9 Å². The van der Waals surface area contributed by atoms with Crippen molar-refractivity contribution in [3.63, 3.8) is 0 Å². The number of nitrogens with one attached hydrogen (secondary N) is 2. The molecule has 0 bridgehead atoms. The average Bonchev–Trinajstić information content (AvgIpc) is 2.36. The van der Waals surface area contributed by atoms with Gasteiger partial charge in [-0.3, -0.25) is 4.79 Å². The largest absolute Gasteiger partial charge is 0.385 e. The Labute approximate surface area is 122 Å². The molecule has 0 aromatic heterocycles. The summed E-state index contributed by atoms with van der Waals surface area (Å²) in [5.41, 5.74) is 3.06. The fraction of sp³-hybridized carbons (Fsp3) is 0.588. The Morgan fingerprint density at radius 1 is 1.20 bits per heavy atom. The minimum Gasteiger partial charge on any atom is -0.385 e. The number of fused-ring (bicyclic) bond motifs is 1. The van der Waals surface area contributed by atoms with E-state index < -0.39 is 0 Å². The molecular formula is C17H26N2O. The summed E-state index contributed by atoms with van der Waals surface area (Å²) in [5.74, 6) is 0.0869. The highest BCUT2D eigenvalue weighted by atomic mass is 16.2. The third kappa shape index (κ3) is 2.97. The summed E-state index contributed by atoms with van der Waals surface area (Å²) in [6.45, 7) is 11.0. The topological polar surface area (TPSA) is 41.1 Å². The molecule has 3 nitrogen and oxygen atoms in total. The lowest BCUT2D eigenvalue weighted by atomic mass is 9.84. The van der Waals surface area contributed by atoms with E-state index in [1.165, 1.54) is 16.8 Å². The Hall–Kier alpha value is -1.51. The third-order valence-corrected chi connectivity index (χ3v) is 3.88. The number of hydrogen-bond acceptors (Lipinski definition) is 2. The molecular weight excluding hydrogens is 248 g/mol. The molecule has 0 fully saturated rings. The van der Waals surface area contributed by atoms with Crippen molar-refractivity contribution in [2.45, 2.75) is 53.0 Å². The molecule has 2 N–H and O–H groups in total. The molecule has 1 heterocycles. The van der Waals surface area contributed by atoms with Gasteiger partial charge in [-0.1, -0.05) is 32.9 Å². The van der Waals surface area contributed by atoms with Crippen molar-refractivity contribution in [1.82, 2.24) is 5.32 Å². The van der Waals surface area contributed by atoms with Gasteiger partial charge in [0.15, 0.2) is 0 Å². The summed E-state index contributed by atoms with van der Waals surface area (Å²) in [6, 6.07) is 6.33. The second kappa shape index (κ2) is 5.12. The summed E-state index contributed by atoms with van der Waals surface area (Å²) < 4.78 is 0. The van der Waals surface area contributed by atoms with Crippen LogP contribution in [0.2, 0.25) is 0 Å². The van der Waals surface area contributed by atoms with Crippen molar-refractivity contribution in [2.24, 2.45) is 5.41 Å². The zero-order valence-electron chi connectivity index (χ0n) is 13.3. The lowest BCUT2D eigenvalue weighted by molar-refractivity contribution is -0.130. The van der Waals surface area contributed by atoms with Crippen LogP contribution >= 0.6 is 0 Å². The number of anilines is 1. The lowest BCUT2D eigenvalue weighted by Gasteiger charge is -2.34. The maximum Gasteiger partial charge on any atom is 0.226 e. The first-order valence-electron chi connectivity index (χ1n) is 7.41. The summed E-state index contributed by atoms with van der Waals surface area (Å²) >= 11 is 0. The molecule has 1 amide bonds. The Bertz CT molecular complexity index is 512. The summed E-state index contributed by atoms with van der Waals surface area (Å²) in [5, 5.41) is 6.64. The molecule has 3 heteroatoms. The molecule has 0 spiro atoms. The van der Waals surface area contributed by atoms with E-state index in [4.69, 9.17) is 0 Å². The van der Waals surface area contributed by atoms with Crippen LogP contribution in [0.3, 0.4) is 0 Å². The van der Waals surface area contributed by atoms with Gasteiger partial charge in [0.05, 0.1) is 5.54 Å². The van der Waals surface area contributed by atoms with E-state index in [0.29, 0.717) is 0 Å². The highest BCUT2D eigenvalue weighted by Crippen LogP contribution is 2.32. The van der Waals surface area contributed by atoms with Gasteiger partial charge in [-0.15, -0.1) is 0 Å². The van der Waals surface area contributed by atoms with Crippen molar-refractivity contribution < 1.29 is 4.79 Å². The zero-order chi connectivity index (χ0) is 15.0. The SMILES string of the molecule is CC(C)(C)C(=O)NC(C)(C)c1cccc2c1CCCN2. The minimum absolute atomic E-state index is 0.0869. The molecule has 0 radical (unpaired) electrons. The molecule has 2 rings (SSSR count). The lowest BCUT2D eigenvalue weighted by Crippen LogP contribution is -2.46. The maximum absolute atomic E-state index is 12.3. The van der Waals surface area contributed by atoms with E-state index in [9.17, 15) is 4.79 Å². The van der Waals surface area contributed by atoms with E-state index >= 15 is 0 Å². The van der Waals surface area contributed by atoms with Crippen molar-refractivity contribution in [3.8, 4) is 0 Å². The minimum atomic E-state index is -0.371. The molecule has 0 saturated heterocycles. The molecule has 1 aliphatic heterocycles. The Kier molecular flexibility index (Phi) is 3.81. The fourth-order valence-electron chi connectivity index (χ4n) is 2.63. The van der Waals surface area contributed by atoms with Crippen LogP contribution in [0.15, 0.2) is 18.2 Å². The predicted molar refractivity (Wildman–Crippen MR) is 83.9 cm³/mol. The van der Waals surface area contributed by atoms with Crippen molar-refractivity contribution in [3.05, 3.63) is 29.3 Å². The van der Waals surface area contributed by atoms with Crippen LogP contribution in [0.4, 0.5) is 5.69 Å². The van der Waals surface area contributed by atoms with E-state index in [-0.39, 0.29) is 16.9 Å². The van der Waals surface area contributed by atoms with Crippen molar-refractivity contribution in [1.29, 1.82) is 0 Å². The number of rotatable bonds is 2. The molecule has 20 heavy (non-hydrogen) atoms. The monoisotopic (exact) mass is 274 g/mol. The Morgan fingerprint density at radius 2 is 1.90 bits per heavy atom. The maximum atomic E-state index is 12.3. The Balaban J connectivity index is 2.32. The van der Waals surface area contributed by atoms with Gasteiger partial charge in [0.1, 0.15) is 0 Å². The first-order chi connectivity index (χ1) is 9.22. The molecule has 1 aliphatic rings. The van der Waals surface area contributed by atoms with Crippen LogP contribution in [0.1, 0.15) is 52.2 Å². The fourth-order valence-corrected chi connectivity index (χ4v) is 2.63. The standard InChI is InChI=1S/C17H26N2O/c1-16(2,3)15(20)19-17(4,5)13-9-6-10-14-12(13)8-7-11-18-14/h6,9-10,18H,7-8,11H2,1-5H3,(H,19,20). The first kappa shape index (κ1) is 14.9. The number of hydrogen-bond donors (Lipinski definition) is 2. The number of amides is 1. The summed E-state index contributed by atoms with van der Waals surface area (Å²) in [6.07, 6.45) is 2.22. The van der Waals surface area contributed by atoms with Crippen LogP contribution in [0.25, 0.3) is 0 Å². The van der Waals surface area contributed by atoms with Gasteiger partial charge < -0.3 is 10.6 Å². The molecule has 110 valence electrons. The van der Waals surface area contributed by atoms with E-state index in [1.54, 1.807) is 0 Å². The smallest absolute Gasteiger partial charge is 0.226 e. The highest BCUT2D eigenvalue weighted by Gasteiger charge is 2.31. The second-order valence-corrected chi connectivity index (χ2v) is 7.19. The van der Waals surface area contributed by atoms with Gasteiger partial charge in [-0.2, -0.15) is 0 Å². The second-order valence-electron chi connectivity index (χ2n) is 7.19.